The van der Waals surface area contributed by atoms with Gasteiger partial charge in [-0.1, -0.05) is 18.2 Å². The highest BCUT2D eigenvalue weighted by Gasteiger charge is 2.06. The Balaban J connectivity index is 2.08. The van der Waals surface area contributed by atoms with Crippen LogP contribution in [0.1, 0.15) is 6.42 Å². The van der Waals surface area contributed by atoms with Crippen molar-refractivity contribution < 1.29 is 20.3 Å². The van der Waals surface area contributed by atoms with Crippen molar-refractivity contribution in [3.8, 4) is 5.75 Å². The molecule has 4 N–H and O–H groups in total. The summed E-state index contributed by atoms with van der Waals surface area (Å²) < 4.78 is 5.41. The van der Waals surface area contributed by atoms with Gasteiger partial charge >= 0.3 is 0 Å². The van der Waals surface area contributed by atoms with Gasteiger partial charge < -0.3 is 20.3 Å². The van der Waals surface area contributed by atoms with Crippen molar-refractivity contribution >= 4 is 0 Å². The van der Waals surface area contributed by atoms with E-state index in [4.69, 9.17) is 9.84 Å². The van der Waals surface area contributed by atoms with E-state index in [2.05, 4.69) is 0 Å². The second kappa shape index (κ2) is 8.10. The predicted octanol–water partition coefficient (Wildman–Crippen LogP) is -0.628. The van der Waals surface area contributed by atoms with Crippen LogP contribution in [0.4, 0.5) is 0 Å². The Labute approximate surface area is 95.9 Å². The average molecular weight is 226 g/mol. The molecule has 0 saturated heterocycles. The molecule has 0 aliphatic carbocycles. The van der Waals surface area contributed by atoms with Crippen molar-refractivity contribution in [2.45, 2.75) is 12.5 Å². The van der Waals surface area contributed by atoms with Gasteiger partial charge in [0.2, 0.25) is 0 Å². The smallest absolute Gasteiger partial charge is 0.137 e. The summed E-state index contributed by atoms with van der Waals surface area (Å²) in [5, 5.41) is 20.1. The molecule has 0 radical (unpaired) electrons. The second-order valence-corrected chi connectivity index (χ2v) is 3.67. The van der Waals surface area contributed by atoms with Crippen LogP contribution in [0.15, 0.2) is 30.3 Å². The number of benzene rings is 1. The molecule has 1 atom stereocenters. The first-order chi connectivity index (χ1) is 7.83. The van der Waals surface area contributed by atoms with E-state index >= 15 is 0 Å². The SMILES string of the molecule is OCCC[NH2+]C[C@@H](O)COc1ccccc1. The lowest BCUT2D eigenvalue weighted by molar-refractivity contribution is -0.661. The Morgan fingerprint density at radius 1 is 1.25 bits per heavy atom. The molecular formula is C12H20NO3+. The highest BCUT2D eigenvalue weighted by molar-refractivity contribution is 5.20. The molecule has 0 heterocycles. The topological polar surface area (TPSA) is 66.3 Å². The fourth-order valence-corrected chi connectivity index (χ4v) is 1.32. The van der Waals surface area contributed by atoms with E-state index < -0.39 is 6.10 Å². The van der Waals surface area contributed by atoms with Crippen LogP contribution in [0.2, 0.25) is 0 Å². The van der Waals surface area contributed by atoms with E-state index in [1.54, 1.807) is 0 Å². The van der Waals surface area contributed by atoms with Crippen molar-refractivity contribution in [1.29, 1.82) is 0 Å². The van der Waals surface area contributed by atoms with Crippen molar-refractivity contribution in [1.82, 2.24) is 0 Å². The average Bonchev–Trinajstić information content (AvgIpc) is 2.33. The highest BCUT2D eigenvalue weighted by Crippen LogP contribution is 2.07. The number of aliphatic hydroxyl groups is 2. The Kier molecular flexibility index (Phi) is 6.56. The van der Waals surface area contributed by atoms with Gasteiger partial charge in [-0.05, 0) is 12.1 Å². The van der Waals surface area contributed by atoms with Crippen molar-refractivity contribution in [3.05, 3.63) is 30.3 Å². The summed E-state index contributed by atoms with van der Waals surface area (Å²) in [4.78, 5) is 0. The monoisotopic (exact) mass is 226 g/mol. The van der Waals surface area contributed by atoms with E-state index in [9.17, 15) is 5.11 Å². The standard InChI is InChI=1S/C12H19NO3/c14-8-4-7-13-9-11(15)10-16-12-5-2-1-3-6-12/h1-3,5-6,11,13-15H,4,7-10H2/p+1/t11-/m1/s1. The number of aliphatic hydroxyl groups excluding tert-OH is 2. The number of para-hydroxylation sites is 1. The van der Waals surface area contributed by atoms with Gasteiger partial charge in [0.25, 0.3) is 0 Å². The summed E-state index contributed by atoms with van der Waals surface area (Å²) in [5.41, 5.74) is 0. The van der Waals surface area contributed by atoms with E-state index in [-0.39, 0.29) is 6.61 Å². The molecule has 0 unspecified atom stereocenters. The molecule has 0 bridgehead atoms. The van der Waals surface area contributed by atoms with Gasteiger partial charge in [0.1, 0.15) is 25.0 Å². The van der Waals surface area contributed by atoms with Gasteiger partial charge in [-0.15, -0.1) is 0 Å². The van der Waals surface area contributed by atoms with E-state index in [0.29, 0.717) is 13.2 Å². The molecule has 0 aromatic heterocycles. The number of quaternary nitrogens is 1. The molecule has 1 rings (SSSR count). The minimum absolute atomic E-state index is 0.201. The molecule has 4 heteroatoms. The van der Waals surface area contributed by atoms with Gasteiger partial charge in [0.05, 0.1) is 6.54 Å². The Hall–Kier alpha value is -1.10. The summed E-state index contributed by atoms with van der Waals surface area (Å²) in [5.74, 6) is 0.775. The first-order valence-electron chi connectivity index (χ1n) is 5.61. The van der Waals surface area contributed by atoms with Crippen LogP contribution in [0.25, 0.3) is 0 Å². The molecule has 0 aliphatic heterocycles. The molecule has 90 valence electrons. The van der Waals surface area contributed by atoms with Gasteiger partial charge in [0.15, 0.2) is 0 Å². The maximum Gasteiger partial charge on any atom is 0.137 e. The van der Waals surface area contributed by atoms with Crippen LogP contribution in [0.5, 0.6) is 5.75 Å². The van der Waals surface area contributed by atoms with Crippen LogP contribution in [-0.4, -0.2) is 42.6 Å². The fourth-order valence-electron chi connectivity index (χ4n) is 1.32. The van der Waals surface area contributed by atoms with Crippen LogP contribution in [0, 0.1) is 0 Å². The van der Waals surface area contributed by atoms with Crippen LogP contribution >= 0.6 is 0 Å². The fraction of sp³-hybridized carbons (Fsp3) is 0.500. The third kappa shape index (κ3) is 5.70. The van der Waals surface area contributed by atoms with Crippen LogP contribution < -0.4 is 10.1 Å². The summed E-state index contributed by atoms with van der Waals surface area (Å²) in [7, 11) is 0. The summed E-state index contributed by atoms with van der Waals surface area (Å²) in [6, 6.07) is 9.44. The third-order valence-corrected chi connectivity index (χ3v) is 2.19. The van der Waals surface area contributed by atoms with Gasteiger partial charge in [-0.3, -0.25) is 0 Å². The number of hydrogen-bond acceptors (Lipinski definition) is 3. The Morgan fingerprint density at radius 3 is 2.69 bits per heavy atom. The zero-order valence-corrected chi connectivity index (χ0v) is 9.38. The van der Waals surface area contributed by atoms with Gasteiger partial charge in [-0.2, -0.15) is 0 Å². The summed E-state index contributed by atoms with van der Waals surface area (Å²) in [6.45, 7) is 1.94. The molecule has 0 aliphatic rings. The second-order valence-electron chi connectivity index (χ2n) is 3.67. The minimum atomic E-state index is -0.473. The quantitative estimate of drug-likeness (QED) is 0.517. The molecule has 0 spiro atoms. The first-order valence-corrected chi connectivity index (χ1v) is 5.61. The molecule has 16 heavy (non-hydrogen) atoms. The lowest BCUT2D eigenvalue weighted by atomic mass is 10.3. The molecule has 0 saturated carbocycles. The van der Waals surface area contributed by atoms with E-state index in [0.717, 1.165) is 18.7 Å². The zero-order chi connectivity index (χ0) is 11.6. The number of rotatable bonds is 8. The molecule has 1 aromatic carbocycles. The van der Waals surface area contributed by atoms with Gasteiger partial charge in [0, 0.05) is 13.0 Å². The minimum Gasteiger partial charge on any atom is -0.491 e. The number of hydrogen-bond donors (Lipinski definition) is 3. The molecule has 4 nitrogen and oxygen atoms in total. The summed E-state index contributed by atoms with van der Waals surface area (Å²) in [6.07, 6.45) is 0.283. The van der Waals surface area contributed by atoms with Gasteiger partial charge in [-0.25, -0.2) is 0 Å². The highest BCUT2D eigenvalue weighted by atomic mass is 16.5. The number of nitrogens with two attached hydrogens (primary N) is 1. The molecule has 0 fully saturated rings. The summed E-state index contributed by atoms with van der Waals surface area (Å²) >= 11 is 0. The third-order valence-electron chi connectivity index (χ3n) is 2.19. The number of ether oxygens (including phenoxy) is 1. The molecule has 1 aromatic rings. The normalized spacial score (nSPS) is 12.4. The van der Waals surface area contributed by atoms with Crippen molar-refractivity contribution in [2.24, 2.45) is 0 Å². The van der Waals surface area contributed by atoms with Crippen molar-refractivity contribution in [3.63, 3.8) is 0 Å². The maximum atomic E-state index is 9.59. The largest absolute Gasteiger partial charge is 0.491 e. The van der Waals surface area contributed by atoms with E-state index in [1.165, 1.54) is 0 Å². The van der Waals surface area contributed by atoms with Crippen LogP contribution in [-0.2, 0) is 0 Å². The van der Waals surface area contributed by atoms with E-state index in [1.807, 2.05) is 35.6 Å². The van der Waals surface area contributed by atoms with Crippen molar-refractivity contribution in [2.75, 3.05) is 26.3 Å². The maximum absolute atomic E-state index is 9.59. The van der Waals surface area contributed by atoms with Crippen LogP contribution in [0.3, 0.4) is 0 Å². The molecular weight excluding hydrogens is 206 g/mol. The molecule has 0 amide bonds. The lowest BCUT2D eigenvalue weighted by Gasteiger charge is -2.11. The zero-order valence-electron chi connectivity index (χ0n) is 9.38. The lowest BCUT2D eigenvalue weighted by Crippen LogP contribution is -2.86. The Morgan fingerprint density at radius 2 is 2.00 bits per heavy atom. The first kappa shape index (κ1) is 13.0. The Bertz CT molecular complexity index is 266. The predicted molar refractivity (Wildman–Crippen MR) is 61.3 cm³/mol.